The highest BCUT2D eigenvalue weighted by Gasteiger charge is 2.05. The molecular weight excluding hydrogens is 290 g/mol. The summed E-state index contributed by atoms with van der Waals surface area (Å²) in [6, 6.07) is 20.3. The van der Waals surface area contributed by atoms with Crippen LogP contribution in [0.2, 0.25) is 0 Å². The van der Waals surface area contributed by atoms with E-state index >= 15 is 0 Å². The lowest BCUT2D eigenvalue weighted by molar-refractivity contribution is 0.102. The van der Waals surface area contributed by atoms with Crippen LogP contribution in [-0.4, -0.2) is 5.78 Å². The zero-order chi connectivity index (χ0) is 15.9. The molecule has 0 bridgehead atoms. The first-order valence-electron chi connectivity index (χ1n) is 7.16. The SMILES string of the molecule is O=C(C=CNc1ccccc1Oc1ccccc1)c1ccco1. The molecular formula is C19H15NO3. The van der Waals surface area contributed by atoms with Crippen LogP contribution in [0.5, 0.6) is 11.5 Å². The van der Waals surface area contributed by atoms with Crippen molar-refractivity contribution in [3.63, 3.8) is 0 Å². The molecule has 0 amide bonds. The molecule has 0 aliphatic carbocycles. The Balaban J connectivity index is 1.70. The van der Waals surface area contributed by atoms with Gasteiger partial charge < -0.3 is 14.5 Å². The van der Waals surface area contributed by atoms with Crippen LogP contribution in [0.25, 0.3) is 0 Å². The minimum Gasteiger partial charge on any atom is -0.461 e. The third kappa shape index (κ3) is 3.89. The van der Waals surface area contributed by atoms with Crippen molar-refractivity contribution in [2.75, 3.05) is 5.32 Å². The summed E-state index contributed by atoms with van der Waals surface area (Å²) in [5.74, 6) is 1.52. The first kappa shape index (κ1) is 14.7. The minimum absolute atomic E-state index is 0.205. The van der Waals surface area contributed by atoms with Gasteiger partial charge in [0.25, 0.3) is 0 Å². The molecule has 0 aliphatic rings. The van der Waals surface area contributed by atoms with E-state index in [0.29, 0.717) is 11.5 Å². The van der Waals surface area contributed by atoms with E-state index in [2.05, 4.69) is 5.32 Å². The maximum atomic E-state index is 11.8. The standard InChI is InChI=1S/C19H15NO3/c21-17(19-11-6-14-22-19)12-13-20-16-9-4-5-10-18(16)23-15-7-2-1-3-8-15/h1-14,20H. The highest BCUT2D eigenvalue weighted by molar-refractivity contribution is 6.02. The number of ether oxygens (including phenoxy) is 1. The van der Waals surface area contributed by atoms with Crippen molar-refractivity contribution in [3.05, 3.63) is 91.0 Å². The number of benzene rings is 2. The monoisotopic (exact) mass is 305 g/mol. The zero-order valence-corrected chi connectivity index (χ0v) is 12.3. The van der Waals surface area contributed by atoms with Gasteiger partial charge in [0.15, 0.2) is 11.5 Å². The molecule has 0 fully saturated rings. The van der Waals surface area contributed by atoms with E-state index in [1.807, 2.05) is 54.6 Å². The van der Waals surface area contributed by atoms with E-state index in [4.69, 9.17) is 9.15 Å². The van der Waals surface area contributed by atoms with Crippen molar-refractivity contribution < 1.29 is 13.9 Å². The van der Waals surface area contributed by atoms with Crippen LogP contribution in [0.3, 0.4) is 0 Å². The van der Waals surface area contributed by atoms with Gasteiger partial charge in [-0.15, -0.1) is 0 Å². The van der Waals surface area contributed by atoms with Crippen molar-refractivity contribution in [2.24, 2.45) is 0 Å². The van der Waals surface area contributed by atoms with Gasteiger partial charge >= 0.3 is 0 Å². The summed E-state index contributed by atoms with van der Waals surface area (Å²) in [5, 5.41) is 3.06. The fraction of sp³-hybridized carbons (Fsp3) is 0. The van der Waals surface area contributed by atoms with Crippen LogP contribution in [0, 0.1) is 0 Å². The molecule has 0 aliphatic heterocycles. The second-order valence-electron chi connectivity index (χ2n) is 4.73. The number of hydrogen-bond donors (Lipinski definition) is 1. The number of furan rings is 1. The molecule has 1 aromatic heterocycles. The highest BCUT2D eigenvalue weighted by Crippen LogP contribution is 2.29. The van der Waals surface area contributed by atoms with Gasteiger partial charge in [-0.05, 0) is 36.4 Å². The molecule has 0 atom stereocenters. The Morgan fingerprint density at radius 1 is 0.957 bits per heavy atom. The third-order valence-electron chi connectivity index (χ3n) is 3.10. The number of allylic oxidation sites excluding steroid dienone is 1. The topological polar surface area (TPSA) is 51.5 Å². The fourth-order valence-electron chi connectivity index (χ4n) is 2.00. The predicted molar refractivity (Wildman–Crippen MR) is 88.8 cm³/mol. The van der Waals surface area contributed by atoms with Gasteiger partial charge in [0, 0.05) is 12.3 Å². The number of anilines is 1. The van der Waals surface area contributed by atoms with Gasteiger partial charge in [0.05, 0.1) is 12.0 Å². The average molecular weight is 305 g/mol. The summed E-state index contributed by atoms with van der Waals surface area (Å²) in [4.78, 5) is 11.8. The number of ketones is 1. The number of carbonyl (C=O) groups excluding carboxylic acids is 1. The number of para-hydroxylation sites is 3. The van der Waals surface area contributed by atoms with E-state index in [-0.39, 0.29) is 5.78 Å². The van der Waals surface area contributed by atoms with Gasteiger partial charge in [-0.1, -0.05) is 30.3 Å². The van der Waals surface area contributed by atoms with Crippen molar-refractivity contribution >= 4 is 11.5 Å². The van der Waals surface area contributed by atoms with Gasteiger partial charge in [-0.2, -0.15) is 0 Å². The fourth-order valence-corrected chi connectivity index (χ4v) is 2.00. The van der Waals surface area contributed by atoms with Crippen LogP contribution >= 0.6 is 0 Å². The summed E-state index contributed by atoms with van der Waals surface area (Å²) in [6.45, 7) is 0. The van der Waals surface area contributed by atoms with Gasteiger partial charge in [-0.3, -0.25) is 4.79 Å². The maximum absolute atomic E-state index is 11.8. The molecule has 3 aromatic rings. The van der Waals surface area contributed by atoms with Gasteiger partial charge in [0.1, 0.15) is 5.75 Å². The molecule has 4 heteroatoms. The van der Waals surface area contributed by atoms with Crippen molar-refractivity contribution in [1.82, 2.24) is 0 Å². The maximum Gasteiger partial charge on any atom is 0.222 e. The van der Waals surface area contributed by atoms with Crippen LogP contribution in [0.15, 0.2) is 89.7 Å². The first-order valence-corrected chi connectivity index (χ1v) is 7.16. The Labute approximate surface area is 134 Å². The molecule has 0 saturated carbocycles. The van der Waals surface area contributed by atoms with Crippen LogP contribution in [0.4, 0.5) is 5.69 Å². The first-order chi connectivity index (χ1) is 11.3. The zero-order valence-electron chi connectivity index (χ0n) is 12.3. The molecule has 23 heavy (non-hydrogen) atoms. The number of nitrogens with one attached hydrogen (secondary N) is 1. The Hall–Kier alpha value is -3.27. The predicted octanol–water partition coefficient (Wildman–Crippen LogP) is 4.88. The summed E-state index contributed by atoms with van der Waals surface area (Å²) in [6.07, 6.45) is 4.45. The van der Waals surface area contributed by atoms with Crippen LogP contribution in [0.1, 0.15) is 10.6 Å². The van der Waals surface area contributed by atoms with Crippen molar-refractivity contribution in [1.29, 1.82) is 0 Å². The second kappa shape index (κ2) is 7.13. The number of rotatable bonds is 6. The quantitative estimate of drug-likeness (QED) is 0.521. The molecule has 2 aromatic carbocycles. The smallest absolute Gasteiger partial charge is 0.222 e. The molecule has 0 unspecified atom stereocenters. The summed E-state index contributed by atoms with van der Waals surface area (Å²) < 4.78 is 10.9. The van der Waals surface area contributed by atoms with E-state index in [1.54, 1.807) is 18.3 Å². The summed E-state index contributed by atoms with van der Waals surface area (Å²) >= 11 is 0. The van der Waals surface area contributed by atoms with Crippen molar-refractivity contribution in [3.8, 4) is 11.5 Å². The molecule has 0 radical (unpaired) electrons. The molecule has 114 valence electrons. The molecule has 0 spiro atoms. The van der Waals surface area contributed by atoms with E-state index < -0.39 is 0 Å². The van der Waals surface area contributed by atoms with Crippen molar-refractivity contribution in [2.45, 2.75) is 0 Å². The summed E-state index contributed by atoms with van der Waals surface area (Å²) in [5.41, 5.74) is 0.764. The lowest BCUT2D eigenvalue weighted by atomic mass is 10.2. The number of hydrogen-bond acceptors (Lipinski definition) is 4. The Morgan fingerprint density at radius 2 is 1.74 bits per heavy atom. The van der Waals surface area contributed by atoms with Gasteiger partial charge in [0.2, 0.25) is 5.78 Å². The van der Waals surface area contributed by atoms with E-state index in [9.17, 15) is 4.79 Å². The Bertz CT molecular complexity index is 793. The number of carbonyl (C=O) groups is 1. The van der Waals surface area contributed by atoms with Crippen LogP contribution in [-0.2, 0) is 0 Å². The van der Waals surface area contributed by atoms with Gasteiger partial charge in [-0.25, -0.2) is 0 Å². The van der Waals surface area contributed by atoms with E-state index in [1.165, 1.54) is 12.3 Å². The third-order valence-corrected chi connectivity index (χ3v) is 3.10. The lowest BCUT2D eigenvalue weighted by Crippen LogP contribution is -1.96. The highest BCUT2D eigenvalue weighted by atomic mass is 16.5. The summed E-state index contributed by atoms with van der Waals surface area (Å²) in [7, 11) is 0. The van der Waals surface area contributed by atoms with Crippen LogP contribution < -0.4 is 10.1 Å². The lowest BCUT2D eigenvalue weighted by Gasteiger charge is -2.10. The molecule has 1 N–H and O–H groups in total. The van der Waals surface area contributed by atoms with E-state index in [0.717, 1.165) is 11.4 Å². The second-order valence-corrected chi connectivity index (χ2v) is 4.73. The Morgan fingerprint density at radius 3 is 2.52 bits per heavy atom. The molecule has 0 saturated heterocycles. The minimum atomic E-state index is -0.205. The normalized spacial score (nSPS) is 10.6. The largest absolute Gasteiger partial charge is 0.461 e. The average Bonchev–Trinajstić information content (AvgIpc) is 3.12. The molecule has 1 heterocycles. The molecule has 3 rings (SSSR count). The molecule has 4 nitrogen and oxygen atoms in total. The Kier molecular flexibility index (Phi) is 4.55.